The van der Waals surface area contributed by atoms with Crippen LogP contribution >= 0.6 is 0 Å². The zero-order valence-corrected chi connectivity index (χ0v) is 10.1. The van der Waals surface area contributed by atoms with Crippen molar-refractivity contribution in [1.82, 2.24) is 0 Å². The number of anilines is 2. The lowest BCUT2D eigenvalue weighted by Gasteiger charge is -2.22. The predicted molar refractivity (Wildman–Crippen MR) is 65.3 cm³/mol. The lowest BCUT2D eigenvalue weighted by molar-refractivity contribution is -0.133. The number of methoxy groups -OCH3 is 1. The Bertz CT molecular complexity index is 475. The first kappa shape index (κ1) is 13.0. The maximum atomic E-state index is 11.8. The molecule has 5 heteroatoms. The Hall–Kier alpha value is -2.06. The molecule has 0 bridgehead atoms. The highest BCUT2D eigenvalue weighted by molar-refractivity contribution is 5.97. The van der Waals surface area contributed by atoms with Gasteiger partial charge in [-0.3, -0.25) is 4.79 Å². The molecule has 0 aromatic heterocycles. The second kappa shape index (κ2) is 4.85. The Balaban J connectivity index is 2.97. The summed E-state index contributed by atoms with van der Waals surface area (Å²) in [4.78, 5) is 11.8. The van der Waals surface area contributed by atoms with Crippen molar-refractivity contribution >= 4 is 17.3 Å². The van der Waals surface area contributed by atoms with E-state index in [0.29, 0.717) is 16.9 Å². The highest BCUT2D eigenvalue weighted by atomic mass is 16.5. The number of nitriles is 1. The summed E-state index contributed by atoms with van der Waals surface area (Å²) in [6.07, 6.45) is 0. The molecule has 5 nitrogen and oxygen atoms in total. The van der Waals surface area contributed by atoms with Crippen molar-refractivity contribution in [2.45, 2.75) is 19.4 Å². The van der Waals surface area contributed by atoms with Crippen LogP contribution in [0.15, 0.2) is 18.2 Å². The van der Waals surface area contributed by atoms with E-state index in [9.17, 15) is 4.79 Å². The van der Waals surface area contributed by atoms with Gasteiger partial charge in [-0.15, -0.1) is 0 Å². The molecular weight excluding hydrogens is 218 g/mol. The Kier molecular flexibility index (Phi) is 3.71. The van der Waals surface area contributed by atoms with Crippen molar-refractivity contribution in [2.24, 2.45) is 0 Å². The van der Waals surface area contributed by atoms with Gasteiger partial charge < -0.3 is 15.8 Å². The van der Waals surface area contributed by atoms with E-state index >= 15 is 0 Å². The van der Waals surface area contributed by atoms with Crippen LogP contribution < -0.4 is 11.1 Å². The second-order valence-corrected chi connectivity index (χ2v) is 4.09. The Labute approximate surface area is 100 Å². The topological polar surface area (TPSA) is 88.1 Å². The number of amides is 1. The molecule has 0 aliphatic rings. The number of nitrogen functional groups attached to an aromatic ring is 1. The number of carbonyl (C=O) groups is 1. The Morgan fingerprint density at radius 3 is 2.71 bits per heavy atom. The van der Waals surface area contributed by atoms with Crippen LogP contribution in [0.25, 0.3) is 0 Å². The molecule has 0 atom stereocenters. The predicted octanol–water partition coefficient (Wildman–Crippen LogP) is 1.50. The average Bonchev–Trinajstić information content (AvgIpc) is 2.31. The highest BCUT2D eigenvalue weighted by Crippen LogP contribution is 2.20. The summed E-state index contributed by atoms with van der Waals surface area (Å²) in [6, 6.07) is 6.70. The fraction of sp³-hybridized carbons (Fsp3) is 0.333. The number of ether oxygens (including phenoxy) is 1. The van der Waals surface area contributed by atoms with E-state index in [2.05, 4.69) is 5.32 Å². The van der Waals surface area contributed by atoms with Gasteiger partial charge >= 0.3 is 0 Å². The molecule has 0 radical (unpaired) electrons. The van der Waals surface area contributed by atoms with Crippen molar-refractivity contribution in [3.05, 3.63) is 23.8 Å². The van der Waals surface area contributed by atoms with E-state index in [-0.39, 0.29) is 5.91 Å². The standard InChI is InChI=1S/C12H15N3O2/c1-12(2,17-3)11(16)15-10-5-4-9(14)6-8(10)7-13/h4-6H,14H2,1-3H3,(H,15,16). The van der Waals surface area contributed by atoms with Crippen molar-refractivity contribution in [1.29, 1.82) is 5.26 Å². The van der Waals surface area contributed by atoms with Gasteiger partial charge in [-0.25, -0.2) is 0 Å². The van der Waals surface area contributed by atoms with Crippen LogP contribution in [0.1, 0.15) is 19.4 Å². The first-order valence-electron chi connectivity index (χ1n) is 5.07. The van der Waals surface area contributed by atoms with Gasteiger partial charge in [0.05, 0.1) is 11.3 Å². The summed E-state index contributed by atoms with van der Waals surface area (Å²) in [5.41, 5.74) is 5.84. The molecule has 1 aromatic rings. The van der Waals surface area contributed by atoms with E-state index in [1.807, 2.05) is 6.07 Å². The smallest absolute Gasteiger partial charge is 0.256 e. The van der Waals surface area contributed by atoms with Crippen molar-refractivity contribution < 1.29 is 9.53 Å². The molecule has 0 unspecified atom stereocenters. The normalized spacial score (nSPS) is 10.7. The number of carbonyl (C=O) groups excluding carboxylic acids is 1. The van der Waals surface area contributed by atoms with Crippen LogP contribution in [0, 0.1) is 11.3 Å². The number of benzene rings is 1. The van der Waals surface area contributed by atoms with Crippen molar-refractivity contribution in [3.8, 4) is 6.07 Å². The summed E-state index contributed by atoms with van der Waals surface area (Å²) in [6.45, 7) is 3.29. The largest absolute Gasteiger partial charge is 0.399 e. The van der Waals surface area contributed by atoms with Crippen molar-refractivity contribution in [3.63, 3.8) is 0 Å². The van der Waals surface area contributed by atoms with Crippen LogP contribution in [-0.2, 0) is 9.53 Å². The second-order valence-electron chi connectivity index (χ2n) is 4.09. The quantitative estimate of drug-likeness (QED) is 0.774. The molecule has 0 saturated heterocycles. The van der Waals surface area contributed by atoms with E-state index < -0.39 is 5.60 Å². The first-order chi connectivity index (χ1) is 7.90. The zero-order chi connectivity index (χ0) is 13.1. The fourth-order valence-corrected chi connectivity index (χ4v) is 1.13. The zero-order valence-electron chi connectivity index (χ0n) is 10.1. The minimum absolute atomic E-state index is 0.318. The summed E-state index contributed by atoms with van der Waals surface area (Å²) in [7, 11) is 1.45. The van der Waals surface area contributed by atoms with Gasteiger partial charge in [0.2, 0.25) is 0 Å². The van der Waals surface area contributed by atoms with E-state index in [4.69, 9.17) is 15.7 Å². The van der Waals surface area contributed by atoms with E-state index in [0.717, 1.165) is 0 Å². The first-order valence-corrected chi connectivity index (χ1v) is 5.07. The van der Waals surface area contributed by atoms with Gasteiger partial charge in [0.1, 0.15) is 11.7 Å². The summed E-state index contributed by atoms with van der Waals surface area (Å²) >= 11 is 0. The third-order valence-electron chi connectivity index (χ3n) is 2.47. The molecular formula is C12H15N3O2. The molecule has 0 saturated carbocycles. The maximum Gasteiger partial charge on any atom is 0.256 e. The monoisotopic (exact) mass is 233 g/mol. The van der Waals surface area contributed by atoms with Crippen LogP contribution in [-0.4, -0.2) is 18.6 Å². The van der Waals surface area contributed by atoms with Gasteiger partial charge in [0.15, 0.2) is 0 Å². The van der Waals surface area contributed by atoms with Crippen LogP contribution in [0.4, 0.5) is 11.4 Å². The third-order valence-corrected chi connectivity index (χ3v) is 2.47. The average molecular weight is 233 g/mol. The minimum Gasteiger partial charge on any atom is -0.399 e. The molecule has 0 spiro atoms. The molecule has 1 rings (SSSR count). The van der Waals surface area contributed by atoms with Crippen LogP contribution in [0.5, 0.6) is 0 Å². The SMILES string of the molecule is COC(C)(C)C(=O)Nc1ccc(N)cc1C#N. The van der Waals surface area contributed by atoms with Gasteiger partial charge in [0.25, 0.3) is 5.91 Å². The molecule has 0 aliphatic heterocycles. The molecule has 1 amide bonds. The van der Waals surface area contributed by atoms with Gasteiger partial charge in [-0.2, -0.15) is 5.26 Å². The van der Waals surface area contributed by atoms with Crippen LogP contribution in [0.3, 0.4) is 0 Å². The van der Waals surface area contributed by atoms with Gasteiger partial charge in [-0.05, 0) is 32.0 Å². The number of nitrogens with one attached hydrogen (secondary N) is 1. The Morgan fingerprint density at radius 2 is 2.18 bits per heavy atom. The number of nitrogens with two attached hydrogens (primary N) is 1. The summed E-state index contributed by atoms with van der Waals surface area (Å²) in [5, 5.41) is 11.6. The molecule has 0 aliphatic carbocycles. The number of hydrogen-bond acceptors (Lipinski definition) is 4. The van der Waals surface area contributed by atoms with E-state index in [1.165, 1.54) is 13.2 Å². The van der Waals surface area contributed by atoms with Gasteiger partial charge in [0, 0.05) is 12.8 Å². The highest BCUT2D eigenvalue weighted by Gasteiger charge is 2.27. The van der Waals surface area contributed by atoms with Gasteiger partial charge in [-0.1, -0.05) is 0 Å². The Morgan fingerprint density at radius 1 is 1.53 bits per heavy atom. The minimum atomic E-state index is -0.950. The van der Waals surface area contributed by atoms with Crippen LogP contribution in [0.2, 0.25) is 0 Å². The molecule has 17 heavy (non-hydrogen) atoms. The molecule has 3 N–H and O–H groups in total. The van der Waals surface area contributed by atoms with Crippen molar-refractivity contribution in [2.75, 3.05) is 18.2 Å². The molecule has 0 fully saturated rings. The summed E-state index contributed by atoms with van der Waals surface area (Å²) < 4.78 is 5.05. The summed E-state index contributed by atoms with van der Waals surface area (Å²) in [5.74, 6) is -0.318. The maximum absolute atomic E-state index is 11.8. The molecule has 0 heterocycles. The molecule has 90 valence electrons. The molecule has 1 aromatic carbocycles. The number of nitrogens with zero attached hydrogens (tertiary/aromatic N) is 1. The number of rotatable bonds is 3. The van der Waals surface area contributed by atoms with E-state index in [1.54, 1.807) is 26.0 Å². The third kappa shape index (κ3) is 2.95. The fourth-order valence-electron chi connectivity index (χ4n) is 1.13. The lowest BCUT2D eigenvalue weighted by atomic mass is 10.1. The lowest BCUT2D eigenvalue weighted by Crippen LogP contribution is -2.39. The number of hydrogen-bond donors (Lipinski definition) is 2.